The smallest absolute Gasteiger partial charge is 0.347 e. The fourth-order valence-corrected chi connectivity index (χ4v) is 4.75. The molecule has 39 heavy (non-hydrogen) atoms. The van der Waals surface area contributed by atoms with Crippen LogP contribution in [0.1, 0.15) is 29.5 Å². The van der Waals surface area contributed by atoms with Gasteiger partial charge in [-0.15, -0.1) is 0 Å². The molecule has 1 aliphatic heterocycles. The maximum absolute atomic E-state index is 13.5. The topological polar surface area (TPSA) is 114 Å². The number of nitrogens with two attached hydrogens (primary N) is 1. The zero-order valence-electron chi connectivity index (χ0n) is 22.1. The molecular formula is C31H37N3O5. The van der Waals surface area contributed by atoms with E-state index in [1.54, 1.807) is 48.5 Å². The van der Waals surface area contributed by atoms with Gasteiger partial charge in [-0.2, -0.15) is 0 Å². The van der Waals surface area contributed by atoms with Crippen LogP contribution in [0.5, 0.6) is 5.75 Å². The average Bonchev–Trinajstić information content (AvgIpc) is 2.99. The van der Waals surface area contributed by atoms with Crippen molar-refractivity contribution in [1.29, 1.82) is 0 Å². The van der Waals surface area contributed by atoms with Crippen LogP contribution < -0.4 is 15.8 Å². The molecule has 1 unspecified atom stereocenters. The summed E-state index contributed by atoms with van der Waals surface area (Å²) in [7, 11) is 0. The third-order valence-electron chi connectivity index (χ3n) is 6.98. The van der Waals surface area contributed by atoms with E-state index >= 15 is 0 Å². The molecule has 0 saturated carbocycles. The summed E-state index contributed by atoms with van der Waals surface area (Å²) in [5, 5.41) is 14.5. The Balaban J connectivity index is 1.40. The fourth-order valence-electron chi connectivity index (χ4n) is 4.75. The molecule has 1 amide bonds. The van der Waals surface area contributed by atoms with Crippen molar-refractivity contribution in [2.45, 2.75) is 25.0 Å². The van der Waals surface area contributed by atoms with Gasteiger partial charge in [0, 0.05) is 25.2 Å². The zero-order chi connectivity index (χ0) is 27.5. The van der Waals surface area contributed by atoms with Crippen LogP contribution in [0.25, 0.3) is 0 Å². The van der Waals surface area contributed by atoms with Gasteiger partial charge in [-0.25, -0.2) is 4.79 Å². The molecule has 1 fully saturated rings. The molecule has 0 bridgehead atoms. The Morgan fingerprint density at radius 1 is 0.949 bits per heavy atom. The number of esters is 1. The van der Waals surface area contributed by atoms with E-state index in [1.807, 2.05) is 12.1 Å². The molecule has 4 rings (SSSR count). The number of aliphatic hydroxyl groups is 1. The third-order valence-corrected chi connectivity index (χ3v) is 6.98. The largest absolute Gasteiger partial charge is 0.484 e. The minimum atomic E-state index is -2.03. The molecule has 3 aromatic carbocycles. The van der Waals surface area contributed by atoms with Gasteiger partial charge in [-0.1, -0.05) is 72.8 Å². The molecule has 8 heteroatoms. The van der Waals surface area contributed by atoms with Gasteiger partial charge in [0.25, 0.3) is 5.91 Å². The highest BCUT2D eigenvalue weighted by atomic mass is 16.5. The summed E-state index contributed by atoms with van der Waals surface area (Å²) in [6.45, 7) is 3.49. The average molecular weight is 532 g/mol. The van der Waals surface area contributed by atoms with E-state index in [0.717, 1.165) is 32.5 Å². The first-order chi connectivity index (χ1) is 19.0. The second kappa shape index (κ2) is 13.9. The number of carbonyl (C=O) groups is 2. The number of nitrogens with zero attached hydrogens (tertiary/aromatic N) is 1. The lowest BCUT2D eigenvalue weighted by Crippen LogP contribution is -2.40. The number of nitrogens with one attached hydrogen (secondary N) is 1. The number of hydrogen-bond acceptors (Lipinski definition) is 7. The minimum Gasteiger partial charge on any atom is -0.484 e. The molecule has 1 saturated heterocycles. The first-order valence-corrected chi connectivity index (χ1v) is 13.4. The van der Waals surface area contributed by atoms with E-state index in [4.69, 9.17) is 15.2 Å². The Labute approximate surface area is 229 Å². The van der Waals surface area contributed by atoms with Crippen LogP contribution in [0.3, 0.4) is 0 Å². The van der Waals surface area contributed by atoms with Gasteiger partial charge in [0.15, 0.2) is 6.61 Å². The zero-order valence-corrected chi connectivity index (χ0v) is 22.1. The van der Waals surface area contributed by atoms with Gasteiger partial charge in [0.2, 0.25) is 5.60 Å². The molecule has 3 aromatic rings. The lowest BCUT2D eigenvalue weighted by Gasteiger charge is -2.33. The molecule has 4 N–H and O–H groups in total. The highest BCUT2D eigenvalue weighted by Crippen LogP contribution is 2.33. The lowest BCUT2D eigenvalue weighted by atomic mass is 9.86. The molecule has 0 radical (unpaired) electrons. The Hall–Kier alpha value is -3.72. The Kier molecular flexibility index (Phi) is 10.1. The van der Waals surface area contributed by atoms with Crippen LogP contribution in [-0.2, 0) is 26.5 Å². The fraction of sp³-hybridized carbons (Fsp3) is 0.355. The summed E-state index contributed by atoms with van der Waals surface area (Å²) in [5.41, 5.74) is 5.37. The van der Waals surface area contributed by atoms with Crippen LogP contribution in [-0.4, -0.2) is 61.3 Å². The van der Waals surface area contributed by atoms with E-state index in [1.165, 1.54) is 5.56 Å². The van der Waals surface area contributed by atoms with Gasteiger partial charge >= 0.3 is 5.97 Å². The summed E-state index contributed by atoms with van der Waals surface area (Å²) < 4.78 is 11.4. The highest BCUT2D eigenvalue weighted by Gasteiger charge is 2.42. The van der Waals surface area contributed by atoms with Crippen molar-refractivity contribution in [3.05, 3.63) is 102 Å². The van der Waals surface area contributed by atoms with Crippen LogP contribution in [0, 0.1) is 5.92 Å². The van der Waals surface area contributed by atoms with Crippen molar-refractivity contribution in [3.63, 3.8) is 0 Å². The van der Waals surface area contributed by atoms with Crippen LogP contribution in [0.15, 0.2) is 84.9 Å². The minimum absolute atomic E-state index is 0.208. The van der Waals surface area contributed by atoms with Crippen LogP contribution >= 0.6 is 0 Å². The van der Waals surface area contributed by atoms with Crippen LogP contribution in [0.4, 0.5) is 0 Å². The molecule has 8 nitrogen and oxygen atoms in total. The van der Waals surface area contributed by atoms with Crippen LogP contribution in [0.2, 0.25) is 0 Å². The number of carbonyl (C=O) groups excluding carboxylic acids is 2. The quantitative estimate of drug-likeness (QED) is 0.308. The van der Waals surface area contributed by atoms with Crippen molar-refractivity contribution in [3.8, 4) is 5.75 Å². The van der Waals surface area contributed by atoms with E-state index in [-0.39, 0.29) is 25.0 Å². The number of hydrogen-bond donors (Lipinski definition) is 3. The summed E-state index contributed by atoms with van der Waals surface area (Å²) in [6.07, 6.45) is 1.83. The number of likely N-dealkylation sites (tertiary alicyclic amines) is 1. The number of ether oxygens (including phenoxy) is 2. The number of benzene rings is 3. The van der Waals surface area contributed by atoms with Crippen molar-refractivity contribution < 1.29 is 24.2 Å². The second-order valence-corrected chi connectivity index (χ2v) is 9.84. The Bertz CT molecular complexity index is 1200. The summed E-state index contributed by atoms with van der Waals surface area (Å²) in [5.74, 6) is -0.470. The predicted molar refractivity (Wildman–Crippen MR) is 149 cm³/mol. The lowest BCUT2D eigenvalue weighted by molar-refractivity contribution is -0.164. The Morgan fingerprint density at radius 3 is 2.31 bits per heavy atom. The Morgan fingerprint density at radius 2 is 1.62 bits per heavy atom. The molecule has 1 aliphatic rings. The van der Waals surface area contributed by atoms with Gasteiger partial charge in [-0.05, 0) is 55.1 Å². The first kappa shape index (κ1) is 28.3. The predicted octanol–water partition coefficient (Wildman–Crippen LogP) is 2.83. The number of rotatable bonds is 12. The molecule has 0 spiro atoms. The van der Waals surface area contributed by atoms with Gasteiger partial charge in [0.05, 0.1) is 6.61 Å². The maximum Gasteiger partial charge on any atom is 0.347 e. The molecule has 1 heterocycles. The van der Waals surface area contributed by atoms with Gasteiger partial charge in [-0.3, -0.25) is 9.69 Å². The summed E-state index contributed by atoms with van der Waals surface area (Å²) in [4.78, 5) is 27.8. The molecule has 0 aliphatic carbocycles. The highest BCUT2D eigenvalue weighted by molar-refractivity contribution is 5.85. The van der Waals surface area contributed by atoms with Crippen molar-refractivity contribution in [1.82, 2.24) is 10.2 Å². The van der Waals surface area contributed by atoms with Crippen molar-refractivity contribution in [2.75, 3.05) is 39.4 Å². The third kappa shape index (κ3) is 7.66. The second-order valence-electron chi connectivity index (χ2n) is 9.84. The van der Waals surface area contributed by atoms with E-state index < -0.39 is 11.6 Å². The standard InChI is InChI=1S/C31H37N3O5/c32-16-17-33-29(35)23-38-28-13-7-12-27(20-28)31(37,26-10-5-2-6-11-26)30(36)39-22-25-14-18-34(19-15-25)21-24-8-3-1-4-9-24/h1-13,20,25,37H,14-19,21-23,32H2,(H,33,35). The van der Waals surface area contributed by atoms with E-state index in [0.29, 0.717) is 30.0 Å². The van der Waals surface area contributed by atoms with Gasteiger partial charge in [0.1, 0.15) is 5.75 Å². The first-order valence-electron chi connectivity index (χ1n) is 13.4. The SMILES string of the molecule is NCCNC(=O)COc1cccc(C(O)(C(=O)OCC2CCN(Cc3ccccc3)CC2)c2ccccc2)c1. The van der Waals surface area contributed by atoms with E-state index in [2.05, 4.69) is 34.5 Å². The summed E-state index contributed by atoms with van der Waals surface area (Å²) in [6, 6.07) is 25.7. The molecule has 1 atom stereocenters. The van der Waals surface area contributed by atoms with Crippen molar-refractivity contribution >= 4 is 11.9 Å². The number of piperidine rings is 1. The molecule has 206 valence electrons. The normalized spacial score (nSPS) is 15.7. The van der Waals surface area contributed by atoms with Crippen molar-refractivity contribution in [2.24, 2.45) is 11.7 Å². The molecular weight excluding hydrogens is 494 g/mol. The van der Waals surface area contributed by atoms with E-state index in [9.17, 15) is 14.7 Å². The molecule has 0 aromatic heterocycles. The maximum atomic E-state index is 13.5. The monoisotopic (exact) mass is 531 g/mol. The van der Waals surface area contributed by atoms with Gasteiger partial charge < -0.3 is 25.6 Å². The number of amides is 1. The summed E-state index contributed by atoms with van der Waals surface area (Å²) >= 11 is 0.